The van der Waals surface area contributed by atoms with Gasteiger partial charge >= 0.3 is 0 Å². The molecule has 0 saturated carbocycles. The van der Waals surface area contributed by atoms with E-state index < -0.39 is 9.84 Å². The molecular weight excluding hydrogens is 292 g/mol. The molecule has 0 bridgehead atoms. The molecule has 1 atom stereocenters. The fourth-order valence-electron chi connectivity index (χ4n) is 2.40. The molecule has 2 aromatic heterocycles. The van der Waals surface area contributed by atoms with Crippen LogP contribution in [-0.2, 0) is 16.4 Å². The van der Waals surface area contributed by atoms with E-state index in [1.807, 2.05) is 18.0 Å². The smallest absolute Gasteiger partial charge is 0.241 e. The Labute approximate surface area is 122 Å². The van der Waals surface area contributed by atoms with Crippen molar-refractivity contribution in [3.63, 3.8) is 0 Å². The highest BCUT2D eigenvalue weighted by atomic mass is 32.2. The van der Waals surface area contributed by atoms with E-state index in [4.69, 9.17) is 4.52 Å². The summed E-state index contributed by atoms with van der Waals surface area (Å²) in [4.78, 5) is 10.3. The maximum Gasteiger partial charge on any atom is 0.241 e. The van der Waals surface area contributed by atoms with Crippen LogP contribution in [0.5, 0.6) is 0 Å². The Hall–Kier alpha value is -1.80. The molecule has 7 nitrogen and oxygen atoms in total. The summed E-state index contributed by atoms with van der Waals surface area (Å²) < 4.78 is 28.2. The second-order valence-corrected chi connectivity index (χ2v) is 7.45. The highest BCUT2D eigenvalue weighted by Crippen LogP contribution is 2.19. The molecule has 3 heterocycles. The lowest BCUT2D eigenvalue weighted by atomic mass is 10.2. The molecule has 3 rings (SSSR count). The van der Waals surface area contributed by atoms with Crippen molar-refractivity contribution in [1.82, 2.24) is 20.0 Å². The molecule has 1 fully saturated rings. The van der Waals surface area contributed by atoms with Gasteiger partial charge in [-0.25, -0.2) is 8.42 Å². The predicted molar refractivity (Wildman–Crippen MR) is 76.1 cm³/mol. The number of sulfone groups is 1. The van der Waals surface area contributed by atoms with Gasteiger partial charge in [-0.2, -0.15) is 4.98 Å². The zero-order valence-electron chi connectivity index (χ0n) is 11.6. The van der Waals surface area contributed by atoms with Crippen molar-refractivity contribution >= 4 is 9.84 Å². The number of nitrogens with zero attached hydrogens (tertiary/aromatic N) is 4. The first-order valence-corrected chi connectivity index (χ1v) is 8.49. The van der Waals surface area contributed by atoms with Crippen molar-refractivity contribution in [2.45, 2.75) is 19.0 Å². The highest BCUT2D eigenvalue weighted by Gasteiger charge is 2.31. The van der Waals surface area contributed by atoms with Gasteiger partial charge in [0.05, 0.1) is 18.1 Å². The first-order chi connectivity index (χ1) is 10.0. The number of hydrogen-bond donors (Lipinski definition) is 0. The van der Waals surface area contributed by atoms with E-state index in [-0.39, 0.29) is 17.5 Å². The summed E-state index contributed by atoms with van der Waals surface area (Å²) in [5, 5.41) is 3.92. The number of rotatable bonds is 4. The molecule has 1 aliphatic heterocycles. The van der Waals surface area contributed by atoms with Gasteiger partial charge in [-0.05, 0) is 25.6 Å². The van der Waals surface area contributed by atoms with Crippen molar-refractivity contribution in [1.29, 1.82) is 0 Å². The van der Waals surface area contributed by atoms with Crippen LogP contribution in [0.4, 0.5) is 0 Å². The lowest BCUT2D eigenvalue weighted by Gasteiger charge is -2.20. The molecular formula is C13H16N4O3S. The minimum Gasteiger partial charge on any atom is -0.338 e. The molecule has 1 aliphatic rings. The number of pyridine rings is 1. The lowest BCUT2D eigenvalue weighted by Crippen LogP contribution is -2.32. The molecule has 0 N–H and O–H groups in total. The maximum atomic E-state index is 11.5. The first-order valence-electron chi connectivity index (χ1n) is 6.67. The molecule has 1 saturated heterocycles. The van der Waals surface area contributed by atoms with Crippen molar-refractivity contribution in [3.8, 4) is 11.4 Å². The molecule has 21 heavy (non-hydrogen) atoms. The van der Waals surface area contributed by atoms with Crippen LogP contribution < -0.4 is 0 Å². The van der Waals surface area contributed by atoms with Gasteiger partial charge in [0.2, 0.25) is 11.7 Å². The van der Waals surface area contributed by atoms with E-state index in [9.17, 15) is 8.42 Å². The Balaban J connectivity index is 1.68. The van der Waals surface area contributed by atoms with E-state index >= 15 is 0 Å². The summed E-state index contributed by atoms with van der Waals surface area (Å²) in [6, 6.07) is 3.68. The molecule has 0 aliphatic carbocycles. The average Bonchev–Trinajstić information content (AvgIpc) is 3.06. The predicted octanol–water partition coefficient (Wildman–Crippen LogP) is 0.750. The van der Waals surface area contributed by atoms with E-state index in [1.165, 1.54) is 0 Å². The third-order valence-electron chi connectivity index (χ3n) is 3.60. The van der Waals surface area contributed by atoms with Crippen LogP contribution in [0.2, 0.25) is 0 Å². The van der Waals surface area contributed by atoms with Gasteiger partial charge in [0.1, 0.15) is 0 Å². The van der Waals surface area contributed by atoms with Gasteiger partial charge in [-0.15, -0.1) is 0 Å². The fraction of sp³-hybridized carbons (Fsp3) is 0.462. The van der Waals surface area contributed by atoms with Gasteiger partial charge in [-0.1, -0.05) is 5.16 Å². The van der Waals surface area contributed by atoms with E-state index in [1.54, 1.807) is 18.5 Å². The Morgan fingerprint density at radius 1 is 1.48 bits per heavy atom. The number of hydrogen-bond acceptors (Lipinski definition) is 7. The minimum atomic E-state index is -2.89. The van der Waals surface area contributed by atoms with Crippen LogP contribution in [-0.4, -0.2) is 53.0 Å². The quantitative estimate of drug-likeness (QED) is 0.823. The van der Waals surface area contributed by atoms with Gasteiger partial charge in [-0.3, -0.25) is 9.88 Å². The van der Waals surface area contributed by atoms with Crippen LogP contribution >= 0.6 is 0 Å². The Bertz CT molecular complexity index is 714. The largest absolute Gasteiger partial charge is 0.338 e. The highest BCUT2D eigenvalue weighted by molar-refractivity contribution is 7.91. The fourth-order valence-corrected chi connectivity index (χ4v) is 4.20. The SMILES string of the molecule is CN(Cc1nc(-c2cccnc2)no1)C1CCS(=O)(=O)C1. The van der Waals surface area contributed by atoms with E-state index in [0.717, 1.165) is 5.56 Å². The minimum absolute atomic E-state index is 0.0174. The van der Waals surface area contributed by atoms with E-state index in [0.29, 0.717) is 24.7 Å². The normalized spacial score (nSPS) is 21.0. The second-order valence-electron chi connectivity index (χ2n) is 5.23. The number of aromatic nitrogens is 3. The molecule has 0 aromatic carbocycles. The van der Waals surface area contributed by atoms with E-state index in [2.05, 4.69) is 15.1 Å². The molecule has 2 aromatic rings. The van der Waals surface area contributed by atoms with Crippen LogP contribution in [0.3, 0.4) is 0 Å². The third-order valence-corrected chi connectivity index (χ3v) is 5.35. The monoisotopic (exact) mass is 308 g/mol. The zero-order chi connectivity index (χ0) is 14.9. The Morgan fingerprint density at radius 3 is 3.00 bits per heavy atom. The maximum absolute atomic E-state index is 11.5. The second kappa shape index (κ2) is 5.53. The zero-order valence-corrected chi connectivity index (χ0v) is 12.5. The lowest BCUT2D eigenvalue weighted by molar-refractivity contribution is 0.218. The molecule has 112 valence electrons. The van der Waals surface area contributed by atoms with Crippen LogP contribution in [0.15, 0.2) is 29.0 Å². The third kappa shape index (κ3) is 3.27. The molecule has 0 amide bonds. The molecule has 0 spiro atoms. The van der Waals surface area contributed by atoms with Crippen molar-refractivity contribution in [3.05, 3.63) is 30.4 Å². The first kappa shape index (κ1) is 14.2. The standard InChI is InChI=1S/C13H16N4O3S/c1-17(11-4-6-21(18,19)9-11)8-12-15-13(16-20-12)10-3-2-5-14-7-10/h2-3,5,7,11H,4,6,8-9H2,1H3. The topological polar surface area (TPSA) is 89.2 Å². The summed E-state index contributed by atoms with van der Waals surface area (Å²) in [5.74, 6) is 1.42. The summed E-state index contributed by atoms with van der Waals surface area (Å²) >= 11 is 0. The van der Waals surface area contributed by atoms with Crippen molar-refractivity contribution < 1.29 is 12.9 Å². The molecule has 1 unspecified atom stereocenters. The summed E-state index contributed by atoms with van der Waals surface area (Å²) in [7, 11) is -1.01. The summed E-state index contributed by atoms with van der Waals surface area (Å²) in [6.07, 6.45) is 4.00. The Morgan fingerprint density at radius 2 is 2.33 bits per heavy atom. The van der Waals surface area contributed by atoms with Crippen LogP contribution in [0, 0.1) is 0 Å². The van der Waals surface area contributed by atoms with Crippen molar-refractivity contribution in [2.24, 2.45) is 0 Å². The van der Waals surface area contributed by atoms with Gasteiger partial charge in [0, 0.05) is 24.0 Å². The van der Waals surface area contributed by atoms with Gasteiger partial charge in [0.25, 0.3) is 0 Å². The Kier molecular flexibility index (Phi) is 3.73. The summed E-state index contributed by atoms with van der Waals surface area (Å²) in [6.45, 7) is 0.438. The average molecular weight is 308 g/mol. The summed E-state index contributed by atoms with van der Waals surface area (Å²) in [5.41, 5.74) is 0.790. The molecule has 0 radical (unpaired) electrons. The van der Waals surface area contributed by atoms with Crippen molar-refractivity contribution in [2.75, 3.05) is 18.6 Å². The molecule has 8 heteroatoms. The van der Waals surface area contributed by atoms with Gasteiger partial charge < -0.3 is 4.52 Å². The van der Waals surface area contributed by atoms with Crippen LogP contribution in [0.25, 0.3) is 11.4 Å². The van der Waals surface area contributed by atoms with Gasteiger partial charge in [0.15, 0.2) is 9.84 Å². The van der Waals surface area contributed by atoms with Crippen LogP contribution in [0.1, 0.15) is 12.3 Å².